The van der Waals surface area contributed by atoms with E-state index < -0.39 is 95.7 Å². The highest BCUT2D eigenvalue weighted by molar-refractivity contribution is 5.97. The SMILES string of the molecule is CC(C)[C@H](NC(=O)[C@H](C)NC(=O)[C@H](Cc1ccc(O)cc1)NC(=O)[C@H](Cc1ccc(O)cc1)NC(=O)[C@H](Cc1ccccc1)NC(=O)[C@@H](N)[C@@H](C)O)C(=O)N[C@@H](C)C(=O)O. The first-order valence-electron chi connectivity index (χ1n) is 19.3. The molecule has 0 unspecified atom stereocenters. The Labute approximate surface area is 347 Å². The van der Waals surface area contributed by atoms with E-state index in [-0.39, 0.29) is 30.8 Å². The minimum atomic E-state index is -1.39. The van der Waals surface area contributed by atoms with Gasteiger partial charge in [0.05, 0.1) is 6.10 Å². The Balaban J connectivity index is 1.92. The molecule has 0 aliphatic rings. The first kappa shape index (κ1) is 47.8. The number of aliphatic carboxylic acids is 1. The topological polar surface area (TPSA) is 299 Å². The monoisotopic (exact) mass is 833 g/mol. The maximum atomic E-state index is 14.3. The average Bonchev–Trinajstić information content (AvgIpc) is 3.20. The van der Waals surface area contributed by atoms with Gasteiger partial charge in [0.15, 0.2) is 0 Å². The summed E-state index contributed by atoms with van der Waals surface area (Å²) < 4.78 is 0. The van der Waals surface area contributed by atoms with Gasteiger partial charge in [-0.05, 0) is 67.6 Å². The van der Waals surface area contributed by atoms with Crippen LogP contribution in [-0.2, 0) is 52.8 Å². The zero-order valence-electron chi connectivity index (χ0n) is 34.0. The molecule has 0 aliphatic heterocycles. The summed E-state index contributed by atoms with van der Waals surface area (Å²) in [5.41, 5.74) is 7.51. The Morgan fingerprint density at radius 1 is 0.500 bits per heavy atom. The fourth-order valence-corrected chi connectivity index (χ4v) is 5.80. The molecule has 0 aliphatic carbocycles. The number of aliphatic hydroxyl groups is 1. The van der Waals surface area contributed by atoms with Crippen molar-refractivity contribution in [2.75, 3.05) is 0 Å². The number of carbonyl (C=O) groups excluding carboxylic acids is 6. The van der Waals surface area contributed by atoms with E-state index in [1.165, 1.54) is 69.3 Å². The molecule has 0 spiro atoms. The lowest BCUT2D eigenvalue weighted by Gasteiger charge is -2.27. The number of hydrogen-bond donors (Lipinski definition) is 11. The third-order valence-corrected chi connectivity index (χ3v) is 9.48. The molecule has 0 saturated heterocycles. The lowest BCUT2D eigenvalue weighted by molar-refractivity contribution is -0.142. The number of carbonyl (C=O) groups is 7. The summed E-state index contributed by atoms with van der Waals surface area (Å²) in [5.74, 6) is -6.69. The van der Waals surface area contributed by atoms with Crippen LogP contribution in [0.2, 0.25) is 0 Å². The van der Waals surface area contributed by atoms with Crippen LogP contribution in [0.4, 0.5) is 0 Å². The van der Waals surface area contributed by atoms with Crippen LogP contribution in [0.1, 0.15) is 51.3 Å². The number of nitrogens with two attached hydrogens (primary N) is 1. The molecule has 60 heavy (non-hydrogen) atoms. The van der Waals surface area contributed by atoms with E-state index in [0.717, 1.165) is 0 Å². The Morgan fingerprint density at radius 3 is 1.28 bits per heavy atom. The summed E-state index contributed by atoms with van der Waals surface area (Å²) >= 11 is 0. The van der Waals surface area contributed by atoms with Crippen molar-refractivity contribution < 1.29 is 54.0 Å². The largest absolute Gasteiger partial charge is 0.508 e. The van der Waals surface area contributed by atoms with E-state index in [1.54, 1.807) is 44.2 Å². The third kappa shape index (κ3) is 15.0. The summed E-state index contributed by atoms with van der Waals surface area (Å²) in [6.45, 7) is 7.21. The van der Waals surface area contributed by atoms with E-state index in [4.69, 9.17) is 5.73 Å². The Hall–Kier alpha value is -6.53. The number of aromatic hydroxyl groups is 2. The molecule has 18 nitrogen and oxygen atoms in total. The highest BCUT2D eigenvalue weighted by atomic mass is 16.4. The van der Waals surface area contributed by atoms with Gasteiger partial charge in [-0.25, -0.2) is 0 Å². The van der Waals surface area contributed by atoms with Crippen LogP contribution in [0.25, 0.3) is 0 Å². The molecule has 3 rings (SSSR count). The second-order valence-electron chi connectivity index (χ2n) is 14.9. The van der Waals surface area contributed by atoms with Crippen LogP contribution in [0.3, 0.4) is 0 Å². The van der Waals surface area contributed by atoms with Gasteiger partial charge in [-0.3, -0.25) is 33.6 Å². The lowest BCUT2D eigenvalue weighted by Crippen LogP contribution is -2.60. The van der Waals surface area contributed by atoms with E-state index in [9.17, 15) is 54.0 Å². The zero-order valence-corrected chi connectivity index (χ0v) is 34.0. The van der Waals surface area contributed by atoms with Crippen LogP contribution in [0.5, 0.6) is 11.5 Å². The fourth-order valence-electron chi connectivity index (χ4n) is 5.80. The summed E-state index contributed by atoms with van der Waals surface area (Å²) in [6.07, 6.45) is -1.57. The molecule has 12 N–H and O–H groups in total. The third-order valence-electron chi connectivity index (χ3n) is 9.48. The number of rotatable bonds is 21. The first-order valence-corrected chi connectivity index (χ1v) is 19.3. The predicted octanol–water partition coefficient (Wildman–Crippen LogP) is -0.477. The van der Waals surface area contributed by atoms with Crippen molar-refractivity contribution >= 4 is 41.4 Å². The van der Waals surface area contributed by atoms with Gasteiger partial charge in [0.2, 0.25) is 35.4 Å². The maximum absolute atomic E-state index is 14.3. The first-order chi connectivity index (χ1) is 28.2. The summed E-state index contributed by atoms with van der Waals surface area (Å²) in [7, 11) is 0. The summed E-state index contributed by atoms with van der Waals surface area (Å²) in [6, 6.07) is 11.2. The Morgan fingerprint density at radius 2 is 0.883 bits per heavy atom. The molecular weight excluding hydrogens is 778 g/mol. The van der Waals surface area contributed by atoms with Crippen molar-refractivity contribution in [3.8, 4) is 11.5 Å². The van der Waals surface area contributed by atoms with Crippen molar-refractivity contribution in [3.63, 3.8) is 0 Å². The minimum absolute atomic E-state index is 0.0256. The quantitative estimate of drug-likeness (QED) is 0.0649. The van der Waals surface area contributed by atoms with Crippen molar-refractivity contribution in [2.24, 2.45) is 11.7 Å². The van der Waals surface area contributed by atoms with Gasteiger partial charge < -0.3 is 58.1 Å². The molecule has 8 atom stereocenters. The van der Waals surface area contributed by atoms with Gasteiger partial charge in [0, 0.05) is 19.3 Å². The van der Waals surface area contributed by atoms with Gasteiger partial charge in [0.1, 0.15) is 53.8 Å². The smallest absolute Gasteiger partial charge is 0.325 e. The van der Waals surface area contributed by atoms with Crippen LogP contribution < -0.4 is 37.6 Å². The van der Waals surface area contributed by atoms with Crippen LogP contribution in [0.15, 0.2) is 78.9 Å². The van der Waals surface area contributed by atoms with Gasteiger partial charge in [0.25, 0.3) is 0 Å². The summed E-state index contributed by atoms with van der Waals surface area (Å²) in [4.78, 5) is 92.6. The Kier molecular flexibility index (Phi) is 18.0. The van der Waals surface area contributed by atoms with E-state index in [2.05, 4.69) is 31.9 Å². The number of phenols is 2. The number of aliphatic hydroxyl groups excluding tert-OH is 1. The molecule has 0 saturated carbocycles. The predicted molar refractivity (Wildman–Crippen MR) is 219 cm³/mol. The van der Waals surface area contributed by atoms with Crippen LogP contribution >= 0.6 is 0 Å². The maximum Gasteiger partial charge on any atom is 0.325 e. The molecule has 0 fully saturated rings. The molecule has 3 aromatic rings. The van der Waals surface area contributed by atoms with Crippen molar-refractivity contribution in [1.82, 2.24) is 31.9 Å². The van der Waals surface area contributed by atoms with Gasteiger partial charge in [-0.1, -0.05) is 68.4 Å². The average molecular weight is 834 g/mol. The number of benzene rings is 3. The van der Waals surface area contributed by atoms with Crippen molar-refractivity contribution in [1.29, 1.82) is 0 Å². The van der Waals surface area contributed by atoms with Crippen LogP contribution in [-0.4, -0.2) is 110 Å². The standard InChI is InChI=1S/C42H55N7O11/c1-22(2)35(41(58)45-24(4)42(59)60)49-36(53)23(3)44-37(54)31(20-27-11-15-29(51)16-12-27)46-38(55)32(21-28-13-17-30(52)18-14-28)47-39(56)33(19-26-9-7-6-8-10-26)48-40(57)34(43)25(5)50/h6-18,22-25,31-35,50-52H,19-21,43H2,1-5H3,(H,44,54)(H,45,58)(H,46,55)(H,47,56)(H,48,57)(H,49,53)(H,59,60)/t23-,24-,25+,31-,32-,33-,34-,35-/m0/s1. The normalized spacial score (nSPS) is 15.1. The minimum Gasteiger partial charge on any atom is -0.508 e. The number of carboxylic acid groups (broad SMARTS) is 1. The van der Waals surface area contributed by atoms with E-state index in [0.29, 0.717) is 16.7 Å². The highest BCUT2D eigenvalue weighted by Crippen LogP contribution is 2.15. The molecule has 0 bridgehead atoms. The van der Waals surface area contributed by atoms with Crippen LogP contribution in [0, 0.1) is 5.92 Å². The zero-order chi connectivity index (χ0) is 44.7. The van der Waals surface area contributed by atoms with Gasteiger partial charge in [-0.2, -0.15) is 0 Å². The molecule has 0 radical (unpaired) electrons. The highest BCUT2D eigenvalue weighted by Gasteiger charge is 2.34. The number of nitrogens with one attached hydrogen (secondary N) is 6. The van der Waals surface area contributed by atoms with E-state index >= 15 is 0 Å². The number of amides is 6. The fraction of sp³-hybridized carbons (Fsp3) is 0.405. The molecule has 18 heteroatoms. The molecule has 0 aromatic heterocycles. The molecule has 3 aromatic carbocycles. The van der Waals surface area contributed by atoms with E-state index in [1.807, 2.05) is 0 Å². The van der Waals surface area contributed by atoms with Gasteiger partial charge >= 0.3 is 5.97 Å². The molecular formula is C42H55N7O11. The molecule has 6 amide bonds. The van der Waals surface area contributed by atoms with Gasteiger partial charge in [-0.15, -0.1) is 0 Å². The second-order valence-corrected chi connectivity index (χ2v) is 14.9. The van der Waals surface area contributed by atoms with Crippen molar-refractivity contribution in [3.05, 3.63) is 95.6 Å². The summed E-state index contributed by atoms with van der Waals surface area (Å²) in [5, 5.41) is 54.2. The molecule has 324 valence electrons. The Bertz CT molecular complexity index is 1940. The number of hydrogen-bond acceptors (Lipinski definition) is 11. The number of phenolic OH excluding ortho intramolecular Hbond substituents is 2. The lowest BCUT2D eigenvalue weighted by atomic mass is 10.0. The van der Waals surface area contributed by atoms with Crippen molar-refractivity contribution in [2.45, 2.75) is 102 Å². The number of carboxylic acids is 1. The second kappa shape index (κ2) is 22.6. The molecule has 0 heterocycles.